The van der Waals surface area contributed by atoms with Crippen LogP contribution in [0, 0.1) is 0 Å². The quantitative estimate of drug-likeness (QED) is 0.419. The lowest BCUT2D eigenvalue weighted by molar-refractivity contribution is -0.116. The Morgan fingerprint density at radius 1 is 1.10 bits per heavy atom. The van der Waals surface area contributed by atoms with Gasteiger partial charge in [0.25, 0.3) is 5.91 Å². The van der Waals surface area contributed by atoms with Crippen molar-refractivity contribution in [2.45, 2.75) is 6.42 Å². The molecule has 4 aromatic rings. The molecule has 0 saturated heterocycles. The van der Waals surface area contributed by atoms with Gasteiger partial charge in [-0.05, 0) is 18.2 Å². The van der Waals surface area contributed by atoms with Gasteiger partial charge in [-0.3, -0.25) is 9.59 Å². The van der Waals surface area contributed by atoms with E-state index in [2.05, 4.69) is 20.6 Å². The summed E-state index contributed by atoms with van der Waals surface area (Å²) in [6.45, 7) is 0.205. The Labute approximate surface area is 175 Å². The highest BCUT2D eigenvalue weighted by Gasteiger charge is 2.13. The Kier molecular flexibility index (Phi) is 5.59. The fourth-order valence-electron chi connectivity index (χ4n) is 2.95. The first-order valence-corrected chi connectivity index (χ1v) is 10.2. The Balaban J connectivity index is 1.33. The van der Waals surface area contributed by atoms with Crippen LogP contribution in [0.5, 0.6) is 0 Å². The second kappa shape index (κ2) is 8.46. The maximum absolute atomic E-state index is 12.2. The number of benzene rings is 2. The second-order valence-electron chi connectivity index (χ2n) is 6.32. The highest BCUT2D eigenvalue weighted by Crippen LogP contribution is 2.30. The molecule has 29 heavy (non-hydrogen) atoms. The number of amides is 2. The van der Waals surface area contributed by atoms with E-state index in [0.29, 0.717) is 15.7 Å². The normalized spacial score (nSPS) is 10.8. The largest absolute Gasteiger partial charge is 0.360 e. The van der Waals surface area contributed by atoms with Gasteiger partial charge in [0.2, 0.25) is 5.91 Å². The SMILES string of the molecule is O=C(CCNC(=O)c1ccccc1Cl)Nc1nc(-c2c[nH]c3ccccc23)cs1. The van der Waals surface area contributed by atoms with Gasteiger partial charge in [0.05, 0.1) is 16.3 Å². The Morgan fingerprint density at radius 2 is 1.90 bits per heavy atom. The number of aromatic nitrogens is 2. The van der Waals surface area contributed by atoms with E-state index in [4.69, 9.17) is 11.6 Å². The molecule has 0 radical (unpaired) electrons. The average Bonchev–Trinajstić information content (AvgIpc) is 3.35. The van der Waals surface area contributed by atoms with Gasteiger partial charge >= 0.3 is 0 Å². The number of halogens is 1. The van der Waals surface area contributed by atoms with E-state index in [1.54, 1.807) is 24.3 Å². The molecule has 0 bridgehead atoms. The highest BCUT2D eigenvalue weighted by molar-refractivity contribution is 7.14. The van der Waals surface area contributed by atoms with Crippen molar-refractivity contribution < 1.29 is 9.59 Å². The third kappa shape index (κ3) is 4.31. The van der Waals surface area contributed by atoms with E-state index in [9.17, 15) is 9.59 Å². The predicted octanol–water partition coefficient (Wildman–Crippen LogP) is 4.70. The summed E-state index contributed by atoms with van der Waals surface area (Å²) in [6, 6.07) is 14.8. The van der Waals surface area contributed by atoms with Crippen molar-refractivity contribution in [2.24, 2.45) is 0 Å². The number of rotatable bonds is 6. The molecule has 8 heteroatoms. The van der Waals surface area contributed by atoms with Crippen LogP contribution in [0.3, 0.4) is 0 Å². The lowest BCUT2D eigenvalue weighted by atomic mass is 10.1. The molecular formula is C21H17ClN4O2S. The number of nitrogens with one attached hydrogen (secondary N) is 3. The van der Waals surface area contributed by atoms with E-state index >= 15 is 0 Å². The van der Waals surface area contributed by atoms with Gasteiger partial charge in [0, 0.05) is 41.0 Å². The first-order valence-electron chi connectivity index (χ1n) is 8.96. The minimum absolute atomic E-state index is 0.137. The van der Waals surface area contributed by atoms with Crippen LogP contribution in [0.1, 0.15) is 16.8 Å². The van der Waals surface area contributed by atoms with Crippen LogP contribution in [0.4, 0.5) is 5.13 Å². The van der Waals surface area contributed by atoms with Crippen LogP contribution >= 0.6 is 22.9 Å². The summed E-state index contributed by atoms with van der Waals surface area (Å²) in [6.07, 6.45) is 2.05. The van der Waals surface area contributed by atoms with Gasteiger partial charge in [0.15, 0.2) is 5.13 Å². The summed E-state index contributed by atoms with van der Waals surface area (Å²) in [5, 5.41) is 9.36. The van der Waals surface area contributed by atoms with E-state index in [-0.39, 0.29) is 24.8 Å². The maximum Gasteiger partial charge on any atom is 0.252 e. The van der Waals surface area contributed by atoms with Crippen LogP contribution < -0.4 is 10.6 Å². The lowest BCUT2D eigenvalue weighted by Crippen LogP contribution is -2.27. The monoisotopic (exact) mass is 424 g/mol. The van der Waals surface area contributed by atoms with Crippen molar-refractivity contribution >= 4 is 50.8 Å². The molecule has 3 N–H and O–H groups in total. The number of hydrogen-bond acceptors (Lipinski definition) is 4. The molecule has 2 aromatic carbocycles. The Bertz CT molecular complexity index is 1180. The fourth-order valence-corrected chi connectivity index (χ4v) is 3.90. The van der Waals surface area contributed by atoms with Gasteiger partial charge < -0.3 is 15.6 Å². The molecule has 0 atom stereocenters. The third-order valence-electron chi connectivity index (χ3n) is 4.37. The van der Waals surface area contributed by atoms with Crippen molar-refractivity contribution in [1.29, 1.82) is 0 Å². The molecule has 6 nitrogen and oxygen atoms in total. The number of anilines is 1. The van der Waals surface area contributed by atoms with Crippen LogP contribution in [-0.2, 0) is 4.79 Å². The number of hydrogen-bond donors (Lipinski definition) is 3. The van der Waals surface area contributed by atoms with Gasteiger partial charge in [-0.2, -0.15) is 0 Å². The van der Waals surface area contributed by atoms with Crippen molar-refractivity contribution in [2.75, 3.05) is 11.9 Å². The molecular weight excluding hydrogens is 408 g/mol. The second-order valence-corrected chi connectivity index (χ2v) is 7.59. The Morgan fingerprint density at radius 3 is 2.76 bits per heavy atom. The first-order chi connectivity index (χ1) is 14.1. The van der Waals surface area contributed by atoms with E-state index in [1.807, 2.05) is 35.8 Å². The van der Waals surface area contributed by atoms with Crippen LogP contribution in [0.2, 0.25) is 5.02 Å². The zero-order valence-corrected chi connectivity index (χ0v) is 16.8. The predicted molar refractivity (Wildman–Crippen MR) is 116 cm³/mol. The summed E-state index contributed by atoms with van der Waals surface area (Å²) in [5.74, 6) is -0.524. The molecule has 0 spiro atoms. The number of para-hydroxylation sites is 1. The number of nitrogens with zero attached hydrogens (tertiary/aromatic N) is 1. The van der Waals surface area contributed by atoms with Gasteiger partial charge in [-0.25, -0.2) is 4.98 Å². The van der Waals surface area contributed by atoms with E-state index in [0.717, 1.165) is 22.2 Å². The number of carbonyl (C=O) groups is 2. The van der Waals surface area contributed by atoms with Crippen molar-refractivity contribution in [3.05, 3.63) is 70.7 Å². The number of aromatic amines is 1. The highest BCUT2D eigenvalue weighted by atomic mass is 35.5. The molecule has 0 fully saturated rings. The van der Waals surface area contributed by atoms with Crippen molar-refractivity contribution in [1.82, 2.24) is 15.3 Å². The molecule has 0 aliphatic carbocycles. The summed E-state index contributed by atoms with van der Waals surface area (Å²) >= 11 is 7.36. The fraction of sp³-hybridized carbons (Fsp3) is 0.0952. The van der Waals surface area contributed by atoms with E-state index < -0.39 is 0 Å². The summed E-state index contributed by atoms with van der Waals surface area (Å²) in [5.41, 5.74) is 3.22. The molecule has 0 unspecified atom stereocenters. The van der Waals surface area contributed by atoms with Crippen LogP contribution in [0.25, 0.3) is 22.2 Å². The molecule has 0 aliphatic rings. The molecule has 4 rings (SSSR count). The minimum Gasteiger partial charge on any atom is -0.360 e. The molecule has 0 saturated carbocycles. The summed E-state index contributed by atoms with van der Waals surface area (Å²) < 4.78 is 0. The molecule has 146 valence electrons. The maximum atomic E-state index is 12.2. The zero-order valence-electron chi connectivity index (χ0n) is 15.2. The topological polar surface area (TPSA) is 86.9 Å². The summed E-state index contributed by atoms with van der Waals surface area (Å²) in [4.78, 5) is 32.0. The lowest BCUT2D eigenvalue weighted by Gasteiger charge is -2.06. The molecule has 2 heterocycles. The standard InChI is InChI=1S/C21H17ClN4O2S/c22-16-7-3-1-6-14(16)20(28)23-10-9-19(27)26-21-25-18(12-29-21)15-11-24-17-8-4-2-5-13(15)17/h1-8,11-12,24H,9-10H2,(H,23,28)(H,25,26,27). The number of H-pyrrole nitrogens is 1. The summed E-state index contributed by atoms with van der Waals surface area (Å²) in [7, 11) is 0. The Hall–Kier alpha value is -3.16. The third-order valence-corrected chi connectivity index (χ3v) is 5.46. The van der Waals surface area contributed by atoms with Crippen LogP contribution in [-0.4, -0.2) is 28.3 Å². The van der Waals surface area contributed by atoms with Crippen molar-refractivity contribution in [3.8, 4) is 11.3 Å². The first kappa shape index (κ1) is 19.2. The van der Waals surface area contributed by atoms with Crippen molar-refractivity contribution in [3.63, 3.8) is 0 Å². The molecule has 2 amide bonds. The van der Waals surface area contributed by atoms with Gasteiger partial charge in [0.1, 0.15) is 0 Å². The average molecular weight is 425 g/mol. The number of thiazole rings is 1. The smallest absolute Gasteiger partial charge is 0.252 e. The van der Waals surface area contributed by atoms with Crippen LogP contribution in [0.15, 0.2) is 60.1 Å². The van der Waals surface area contributed by atoms with E-state index in [1.165, 1.54) is 11.3 Å². The molecule has 2 aromatic heterocycles. The minimum atomic E-state index is -0.306. The number of fused-ring (bicyclic) bond motifs is 1. The number of carbonyl (C=O) groups excluding carboxylic acids is 2. The van der Waals surface area contributed by atoms with Gasteiger partial charge in [-0.15, -0.1) is 11.3 Å². The zero-order chi connectivity index (χ0) is 20.2. The van der Waals surface area contributed by atoms with Gasteiger partial charge in [-0.1, -0.05) is 41.9 Å². The molecule has 0 aliphatic heterocycles.